The van der Waals surface area contributed by atoms with Crippen molar-refractivity contribution < 1.29 is 4.74 Å². The first-order chi connectivity index (χ1) is 9.70. The van der Waals surface area contributed by atoms with Crippen molar-refractivity contribution in [3.63, 3.8) is 0 Å². The maximum absolute atomic E-state index is 6.01. The van der Waals surface area contributed by atoms with Crippen molar-refractivity contribution in [3.05, 3.63) is 29.8 Å². The summed E-state index contributed by atoms with van der Waals surface area (Å²) in [7, 11) is 2.07. The van der Waals surface area contributed by atoms with Crippen LogP contribution in [0.4, 0.5) is 0 Å². The molecule has 4 atom stereocenters. The van der Waals surface area contributed by atoms with Crippen LogP contribution >= 0.6 is 0 Å². The number of rotatable bonds is 2. The third kappa shape index (κ3) is 2.45. The van der Waals surface area contributed by atoms with Gasteiger partial charge in [0, 0.05) is 11.6 Å². The van der Waals surface area contributed by atoms with Gasteiger partial charge in [-0.3, -0.25) is 4.90 Å². The van der Waals surface area contributed by atoms with Gasteiger partial charge in [-0.1, -0.05) is 25.1 Å². The van der Waals surface area contributed by atoms with Gasteiger partial charge in [0.05, 0.1) is 12.1 Å². The number of likely N-dealkylation sites (tertiary alicyclic amines) is 1. The van der Waals surface area contributed by atoms with E-state index in [9.17, 15) is 0 Å². The van der Waals surface area contributed by atoms with Crippen LogP contribution in [0.25, 0.3) is 0 Å². The van der Waals surface area contributed by atoms with Crippen LogP contribution in [0.15, 0.2) is 24.3 Å². The van der Waals surface area contributed by atoms with E-state index in [0.29, 0.717) is 18.1 Å². The lowest BCUT2D eigenvalue weighted by atomic mass is 9.88. The van der Waals surface area contributed by atoms with Crippen molar-refractivity contribution in [2.24, 2.45) is 5.92 Å². The average Bonchev–Trinajstić information content (AvgIpc) is 2.46. The van der Waals surface area contributed by atoms with E-state index in [2.05, 4.69) is 55.4 Å². The van der Waals surface area contributed by atoms with Crippen LogP contribution in [0.2, 0.25) is 0 Å². The van der Waals surface area contributed by atoms with Crippen LogP contribution in [0, 0.1) is 5.92 Å². The molecule has 3 heteroatoms. The summed E-state index contributed by atoms with van der Waals surface area (Å²) in [4.78, 5) is 2.65. The Kier molecular flexibility index (Phi) is 3.99. The minimum atomic E-state index is 0.371. The Balaban J connectivity index is 1.84. The van der Waals surface area contributed by atoms with Gasteiger partial charge in [0.1, 0.15) is 12.4 Å². The molecule has 3 rings (SSSR count). The quantitative estimate of drug-likeness (QED) is 0.897. The zero-order valence-electron chi connectivity index (χ0n) is 12.8. The average molecular weight is 274 g/mol. The fraction of sp³-hybridized carbons (Fsp3) is 0.647. The molecule has 1 N–H and O–H groups in total. The standard InChI is InChI=1S/C17H26N2O/c1-12-8-9-19(13(2)10-12)15-11-20-16-7-5-4-6-14(16)17(15)18-3/h4-7,12-13,15,17-18H,8-11H2,1-3H3. The molecule has 4 unspecified atom stereocenters. The van der Waals surface area contributed by atoms with Crippen LogP contribution in [0.3, 0.4) is 0 Å². The van der Waals surface area contributed by atoms with Gasteiger partial charge >= 0.3 is 0 Å². The van der Waals surface area contributed by atoms with Gasteiger partial charge < -0.3 is 10.1 Å². The van der Waals surface area contributed by atoms with E-state index < -0.39 is 0 Å². The summed E-state index contributed by atoms with van der Waals surface area (Å²) in [5.41, 5.74) is 1.30. The second-order valence-electron chi connectivity index (χ2n) is 6.40. The lowest BCUT2D eigenvalue weighted by Crippen LogP contribution is -2.55. The molecule has 1 aromatic carbocycles. The molecule has 20 heavy (non-hydrogen) atoms. The number of hydrogen-bond donors (Lipinski definition) is 1. The van der Waals surface area contributed by atoms with Crippen LogP contribution < -0.4 is 10.1 Å². The summed E-state index contributed by atoms with van der Waals surface area (Å²) in [5.74, 6) is 1.90. The molecule has 0 aliphatic carbocycles. The summed E-state index contributed by atoms with van der Waals surface area (Å²) in [5, 5.41) is 3.52. The highest BCUT2D eigenvalue weighted by atomic mass is 16.5. The number of benzene rings is 1. The van der Waals surface area contributed by atoms with Crippen molar-refractivity contribution in [2.75, 3.05) is 20.2 Å². The third-order valence-electron chi connectivity index (χ3n) is 4.98. The number of nitrogens with one attached hydrogen (secondary N) is 1. The van der Waals surface area contributed by atoms with Crippen LogP contribution in [0.5, 0.6) is 5.75 Å². The second kappa shape index (κ2) is 5.74. The maximum Gasteiger partial charge on any atom is 0.124 e. The number of fused-ring (bicyclic) bond motifs is 1. The molecule has 2 aliphatic rings. The second-order valence-corrected chi connectivity index (χ2v) is 6.40. The predicted molar refractivity (Wildman–Crippen MR) is 82.1 cm³/mol. The Morgan fingerprint density at radius 3 is 2.80 bits per heavy atom. The summed E-state index contributed by atoms with van der Waals surface area (Å²) in [6.45, 7) is 6.72. The summed E-state index contributed by atoms with van der Waals surface area (Å²) in [6.07, 6.45) is 2.60. The van der Waals surface area contributed by atoms with Gasteiger partial charge in [-0.25, -0.2) is 0 Å². The highest BCUT2D eigenvalue weighted by Gasteiger charge is 2.37. The van der Waals surface area contributed by atoms with Crippen molar-refractivity contribution in [1.29, 1.82) is 0 Å². The molecule has 0 bridgehead atoms. The highest BCUT2D eigenvalue weighted by Crippen LogP contribution is 2.36. The molecular weight excluding hydrogens is 248 g/mol. The van der Waals surface area contributed by atoms with Crippen molar-refractivity contribution >= 4 is 0 Å². The van der Waals surface area contributed by atoms with Crippen molar-refractivity contribution in [1.82, 2.24) is 10.2 Å². The molecule has 0 amide bonds. The minimum Gasteiger partial charge on any atom is -0.492 e. The molecule has 0 saturated carbocycles. The van der Waals surface area contributed by atoms with Gasteiger partial charge in [-0.05, 0) is 45.3 Å². The molecule has 2 heterocycles. The van der Waals surface area contributed by atoms with Crippen LogP contribution in [0.1, 0.15) is 38.3 Å². The molecular formula is C17H26N2O. The molecule has 0 aromatic heterocycles. The first kappa shape index (κ1) is 13.9. The SMILES string of the molecule is CNC1c2ccccc2OCC1N1CCC(C)CC1C. The summed E-state index contributed by atoms with van der Waals surface area (Å²) in [6, 6.07) is 9.90. The zero-order valence-corrected chi connectivity index (χ0v) is 12.8. The Morgan fingerprint density at radius 1 is 1.25 bits per heavy atom. The Hall–Kier alpha value is -1.06. The summed E-state index contributed by atoms with van der Waals surface area (Å²) >= 11 is 0. The van der Waals surface area contributed by atoms with E-state index in [0.717, 1.165) is 18.3 Å². The zero-order chi connectivity index (χ0) is 14.1. The van der Waals surface area contributed by atoms with E-state index in [-0.39, 0.29) is 0 Å². The topological polar surface area (TPSA) is 24.5 Å². The molecule has 1 saturated heterocycles. The lowest BCUT2D eigenvalue weighted by molar-refractivity contribution is 0.0262. The van der Waals surface area contributed by atoms with Gasteiger partial charge in [0.15, 0.2) is 0 Å². The van der Waals surface area contributed by atoms with E-state index in [1.54, 1.807) is 0 Å². The van der Waals surface area contributed by atoms with Gasteiger partial charge in [0.25, 0.3) is 0 Å². The molecule has 1 aromatic rings. The molecule has 3 nitrogen and oxygen atoms in total. The number of hydrogen-bond acceptors (Lipinski definition) is 3. The summed E-state index contributed by atoms with van der Waals surface area (Å²) < 4.78 is 6.01. The van der Waals surface area contributed by atoms with Gasteiger partial charge in [0.2, 0.25) is 0 Å². The number of piperidine rings is 1. The van der Waals surface area contributed by atoms with E-state index in [4.69, 9.17) is 4.74 Å². The normalized spacial score (nSPS) is 34.4. The van der Waals surface area contributed by atoms with Crippen molar-refractivity contribution in [2.45, 2.75) is 44.8 Å². The fourth-order valence-electron chi connectivity index (χ4n) is 3.90. The Labute approximate surface area is 122 Å². The van der Waals surface area contributed by atoms with E-state index in [1.807, 2.05) is 0 Å². The fourth-order valence-corrected chi connectivity index (χ4v) is 3.90. The predicted octanol–water partition coefficient (Wildman–Crippen LogP) is 2.83. The van der Waals surface area contributed by atoms with E-state index in [1.165, 1.54) is 24.9 Å². The highest BCUT2D eigenvalue weighted by molar-refractivity contribution is 5.38. The molecule has 0 spiro atoms. The minimum absolute atomic E-state index is 0.371. The van der Waals surface area contributed by atoms with Gasteiger partial charge in [-0.15, -0.1) is 0 Å². The Morgan fingerprint density at radius 2 is 2.05 bits per heavy atom. The molecule has 2 aliphatic heterocycles. The number of nitrogens with zero attached hydrogens (tertiary/aromatic N) is 1. The first-order valence-corrected chi connectivity index (χ1v) is 7.85. The molecule has 110 valence electrons. The van der Waals surface area contributed by atoms with Crippen molar-refractivity contribution in [3.8, 4) is 5.75 Å². The third-order valence-corrected chi connectivity index (χ3v) is 4.98. The van der Waals surface area contributed by atoms with E-state index >= 15 is 0 Å². The molecule has 0 radical (unpaired) electrons. The van der Waals surface area contributed by atoms with Crippen LogP contribution in [-0.2, 0) is 0 Å². The monoisotopic (exact) mass is 274 g/mol. The smallest absolute Gasteiger partial charge is 0.124 e. The number of ether oxygens (including phenoxy) is 1. The Bertz CT molecular complexity index is 462. The van der Waals surface area contributed by atoms with Gasteiger partial charge in [-0.2, -0.15) is 0 Å². The number of likely N-dealkylation sites (N-methyl/N-ethyl adjacent to an activating group) is 1. The maximum atomic E-state index is 6.01. The first-order valence-electron chi connectivity index (χ1n) is 7.85. The van der Waals surface area contributed by atoms with Crippen LogP contribution in [-0.4, -0.2) is 37.2 Å². The number of para-hydroxylation sites is 1. The molecule has 1 fully saturated rings. The lowest BCUT2D eigenvalue weighted by Gasteiger charge is -2.46. The largest absolute Gasteiger partial charge is 0.492 e.